The molecule has 12 heavy (non-hydrogen) atoms. The highest BCUT2D eigenvalue weighted by atomic mass is 16.6. The lowest BCUT2D eigenvalue weighted by Gasteiger charge is -2.30. The summed E-state index contributed by atoms with van der Waals surface area (Å²) in [6.45, 7) is 0. The zero-order valence-electron chi connectivity index (χ0n) is 6.04. The van der Waals surface area contributed by atoms with Gasteiger partial charge in [-0.15, -0.1) is 0 Å². The first-order chi connectivity index (χ1) is 5.77. The Hall–Kier alpha value is -1.43. The summed E-state index contributed by atoms with van der Waals surface area (Å²) in [6, 6.07) is -0.317. The number of hydrogen-bond donors (Lipinski definition) is 2. The predicted octanol–water partition coefficient (Wildman–Crippen LogP) is -1.11. The second kappa shape index (κ2) is 2.56. The molecular weight excluding hydrogens is 162 g/mol. The molecule has 0 bridgehead atoms. The molecule has 64 valence electrons. The van der Waals surface area contributed by atoms with Crippen molar-refractivity contribution in [3.05, 3.63) is 0 Å². The highest BCUT2D eigenvalue weighted by Crippen LogP contribution is 2.11. The molecule has 2 rings (SSSR count). The smallest absolute Gasteiger partial charge is 0.433 e. The molecule has 0 fully saturated rings. The number of aliphatic hydroxyl groups is 1. The Labute approximate surface area is 67.9 Å². The number of ether oxygens (including phenoxy) is 1. The molecule has 0 aromatic heterocycles. The lowest BCUT2D eigenvalue weighted by Crippen LogP contribution is -2.53. The van der Waals surface area contributed by atoms with E-state index in [0.717, 1.165) is 0 Å². The third-order valence-corrected chi connectivity index (χ3v) is 1.72. The van der Waals surface area contributed by atoms with Gasteiger partial charge in [-0.1, -0.05) is 0 Å². The zero-order valence-corrected chi connectivity index (χ0v) is 6.04. The Morgan fingerprint density at radius 3 is 3.25 bits per heavy atom. The summed E-state index contributed by atoms with van der Waals surface area (Å²) in [6.07, 6.45) is 0.538. The van der Waals surface area contributed by atoms with Crippen LogP contribution in [0.25, 0.3) is 0 Å². The van der Waals surface area contributed by atoms with E-state index in [-0.39, 0.29) is 6.04 Å². The van der Waals surface area contributed by atoms with E-state index >= 15 is 0 Å². The first kappa shape index (κ1) is 7.23. The van der Waals surface area contributed by atoms with Crippen LogP contribution >= 0.6 is 0 Å². The number of nitrogens with zero attached hydrogens (tertiary/aromatic N) is 2. The summed E-state index contributed by atoms with van der Waals surface area (Å²) in [5.41, 5.74) is 2.65. The van der Waals surface area contributed by atoms with Crippen LogP contribution in [0.5, 0.6) is 0 Å². The number of fused-ring (bicyclic) bond motifs is 1. The zero-order chi connectivity index (χ0) is 8.55. The molecule has 0 unspecified atom stereocenters. The van der Waals surface area contributed by atoms with E-state index in [1.54, 1.807) is 0 Å². The highest BCUT2D eigenvalue weighted by molar-refractivity contribution is 5.86. The molecule has 6 nitrogen and oxygen atoms in total. The van der Waals surface area contributed by atoms with Crippen molar-refractivity contribution in [2.75, 3.05) is 0 Å². The van der Waals surface area contributed by atoms with Crippen LogP contribution < -0.4 is 5.43 Å². The minimum Gasteiger partial charge on any atom is -0.439 e. The van der Waals surface area contributed by atoms with Gasteiger partial charge in [-0.2, -0.15) is 10.1 Å². The standard InChI is InChI=1S/C6H7N3O3/c10-4-2-8-9-3-1-7-6(11)12-5(3)4/h1-5,9-10H/t3-,4+,5-/m0/s1. The summed E-state index contributed by atoms with van der Waals surface area (Å²) in [4.78, 5) is 14.1. The second-order valence-electron chi connectivity index (χ2n) is 2.55. The third-order valence-electron chi connectivity index (χ3n) is 1.72. The molecule has 2 aliphatic rings. The molecule has 2 N–H and O–H groups in total. The normalized spacial score (nSPS) is 38.4. The van der Waals surface area contributed by atoms with E-state index in [1.807, 2.05) is 0 Å². The number of aliphatic imine (C=N–C) groups is 1. The van der Waals surface area contributed by atoms with Gasteiger partial charge in [0.05, 0.1) is 6.21 Å². The fraction of sp³-hybridized carbons (Fsp3) is 0.500. The summed E-state index contributed by atoms with van der Waals surface area (Å²) >= 11 is 0. The number of aliphatic hydroxyl groups excluding tert-OH is 1. The van der Waals surface area contributed by atoms with E-state index in [9.17, 15) is 9.90 Å². The molecule has 0 saturated carbocycles. The van der Waals surface area contributed by atoms with E-state index in [2.05, 4.69) is 15.5 Å². The molecule has 0 aliphatic carbocycles. The SMILES string of the molecule is O=C1N=C[C@@H]2NN=C[C@@H](O)[C@H]2O1. The van der Waals surface area contributed by atoms with Gasteiger partial charge in [0.15, 0.2) is 6.10 Å². The molecule has 0 saturated heterocycles. The van der Waals surface area contributed by atoms with Crippen LogP contribution in [0, 0.1) is 0 Å². The lowest BCUT2D eigenvalue weighted by atomic mass is 10.1. The first-order valence-electron chi connectivity index (χ1n) is 3.49. The number of carbonyl (C=O) groups is 1. The molecule has 6 heteroatoms. The van der Waals surface area contributed by atoms with Gasteiger partial charge < -0.3 is 9.84 Å². The number of hydrazone groups is 1. The molecule has 0 radical (unpaired) electrons. The van der Waals surface area contributed by atoms with Crippen LogP contribution in [0.1, 0.15) is 0 Å². The van der Waals surface area contributed by atoms with Crippen LogP contribution in [0.2, 0.25) is 0 Å². The van der Waals surface area contributed by atoms with Crippen molar-refractivity contribution in [2.45, 2.75) is 18.2 Å². The van der Waals surface area contributed by atoms with Crippen LogP contribution in [0.15, 0.2) is 10.1 Å². The van der Waals surface area contributed by atoms with Crippen molar-refractivity contribution in [2.24, 2.45) is 10.1 Å². The number of carbonyl (C=O) groups excluding carboxylic acids is 1. The van der Waals surface area contributed by atoms with Gasteiger partial charge >= 0.3 is 6.09 Å². The van der Waals surface area contributed by atoms with Crippen LogP contribution in [-0.4, -0.2) is 41.9 Å². The minimum atomic E-state index is -0.855. The largest absolute Gasteiger partial charge is 0.439 e. The number of rotatable bonds is 0. The molecule has 0 spiro atoms. The number of amides is 1. The maximum Gasteiger partial charge on any atom is 0.433 e. The fourth-order valence-corrected chi connectivity index (χ4v) is 1.13. The van der Waals surface area contributed by atoms with E-state index in [1.165, 1.54) is 12.4 Å². The van der Waals surface area contributed by atoms with Crippen molar-refractivity contribution in [3.8, 4) is 0 Å². The Kier molecular flexibility index (Phi) is 1.54. The van der Waals surface area contributed by atoms with Crippen molar-refractivity contribution >= 4 is 18.5 Å². The summed E-state index contributed by atoms with van der Waals surface area (Å²) in [7, 11) is 0. The Morgan fingerprint density at radius 2 is 2.42 bits per heavy atom. The quantitative estimate of drug-likeness (QED) is 0.482. The maximum atomic E-state index is 10.7. The van der Waals surface area contributed by atoms with Crippen LogP contribution in [0.4, 0.5) is 4.79 Å². The van der Waals surface area contributed by atoms with Crippen LogP contribution in [0.3, 0.4) is 0 Å². The van der Waals surface area contributed by atoms with E-state index < -0.39 is 18.3 Å². The average Bonchev–Trinajstić information content (AvgIpc) is 2.07. The van der Waals surface area contributed by atoms with Crippen molar-refractivity contribution < 1.29 is 14.6 Å². The average molecular weight is 169 g/mol. The van der Waals surface area contributed by atoms with Crippen molar-refractivity contribution in [1.82, 2.24) is 5.43 Å². The summed E-state index contributed by atoms with van der Waals surface area (Å²) in [5, 5.41) is 13.0. The Balaban J connectivity index is 2.22. The van der Waals surface area contributed by atoms with Crippen molar-refractivity contribution in [3.63, 3.8) is 0 Å². The lowest BCUT2D eigenvalue weighted by molar-refractivity contribution is 0.0219. The van der Waals surface area contributed by atoms with E-state index in [4.69, 9.17) is 4.74 Å². The molecule has 0 aromatic carbocycles. The van der Waals surface area contributed by atoms with Crippen molar-refractivity contribution in [1.29, 1.82) is 0 Å². The second-order valence-corrected chi connectivity index (χ2v) is 2.55. The van der Waals surface area contributed by atoms with Gasteiger partial charge in [0.2, 0.25) is 0 Å². The van der Waals surface area contributed by atoms with Gasteiger partial charge in [-0.3, -0.25) is 5.43 Å². The van der Waals surface area contributed by atoms with E-state index in [0.29, 0.717) is 0 Å². The first-order valence-corrected chi connectivity index (χ1v) is 3.49. The van der Waals surface area contributed by atoms with Gasteiger partial charge in [-0.25, -0.2) is 4.79 Å². The molecule has 2 aliphatic heterocycles. The molecule has 1 amide bonds. The number of nitrogens with one attached hydrogen (secondary N) is 1. The van der Waals surface area contributed by atoms with Gasteiger partial charge in [-0.05, 0) is 0 Å². The molecular formula is C6H7N3O3. The third kappa shape index (κ3) is 1.06. The van der Waals surface area contributed by atoms with Gasteiger partial charge in [0.25, 0.3) is 0 Å². The molecule has 0 aromatic rings. The van der Waals surface area contributed by atoms with Crippen LogP contribution in [-0.2, 0) is 4.74 Å². The Bertz CT molecular complexity index is 263. The highest BCUT2D eigenvalue weighted by Gasteiger charge is 2.35. The Morgan fingerprint density at radius 1 is 1.58 bits per heavy atom. The molecule has 2 heterocycles. The maximum absolute atomic E-state index is 10.7. The van der Waals surface area contributed by atoms with Gasteiger partial charge in [0, 0.05) is 6.21 Å². The van der Waals surface area contributed by atoms with Gasteiger partial charge in [0.1, 0.15) is 12.1 Å². The summed E-state index contributed by atoms with van der Waals surface area (Å²) in [5.74, 6) is 0. The monoisotopic (exact) mass is 169 g/mol. The molecule has 3 atom stereocenters. The fourth-order valence-electron chi connectivity index (χ4n) is 1.13. The number of hydrogen-bond acceptors (Lipinski definition) is 5. The minimum absolute atomic E-state index is 0.317. The summed E-state index contributed by atoms with van der Waals surface area (Å²) < 4.78 is 4.76. The predicted molar refractivity (Wildman–Crippen MR) is 40.2 cm³/mol. The topological polar surface area (TPSA) is 83.3 Å².